The normalized spacial score (nSPS) is 10.5. The van der Waals surface area contributed by atoms with E-state index in [-0.39, 0.29) is 11.3 Å². The fourth-order valence-electron chi connectivity index (χ4n) is 1.90. The van der Waals surface area contributed by atoms with Crippen LogP contribution in [0.5, 0.6) is 0 Å². The van der Waals surface area contributed by atoms with Gasteiger partial charge in [-0.3, -0.25) is 0 Å². The Balaban J connectivity index is 2.72. The van der Waals surface area contributed by atoms with Crippen LogP contribution in [-0.2, 0) is 0 Å². The number of halogens is 3. The van der Waals surface area contributed by atoms with Gasteiger partial charge in [0.15, 0.2) is 11.6 Å². The van der Waals surface area contributed by atoms with E-state index in [4.69, 9.17) is 0 Å². The summed E-state index contributed by atoms with van der Waals surface area (Å²) < 4.78 is 40.7. The Morgan fingerprint density at radius 3 is 1.94 bits per heavy atom. The molecule has 0 aliphatic rings. The van der Waals surface area contributed by atoms with Gasteiger partial charge >= 0.3 is 0 Å². The van der Waals surface area contributed by atoms with E-state index in [0.717, 1.165) is 6.07 Å². The summed E-state index contributed by atoms with van der Waals surface area (Å²) in [4.78, 5) is 1.54. The van der Waals surface area contributed by atoms with Crippen molar-refractivity contribution in [1.82, 2.24) is 0 Å². The van der Waals surface area contributed by atoms with Crippen molar-refractivity contribution in [3.63, 3.8) is 0 Å². The molecular weight excluding hydrogens is 239 g/mol. The van der Waals surface area contributed by atoms with Crippen LogP contribution in [0.15, 0.2) is 36.4 Å². The highest BCUT2D eigenvalue weighted by atomic mass is 19.2. The molecule has 0 amide bonds. The molecule has 1 nitrogen and oxygen atoms in total. The van der Waals surface area contributed by atoms with E-state index in [0.29, 0.717) is 5.56 Å². The van der Waals surface area contributed by atoms with Gasteiger partial charge in [0, 0.05) is 25.2 Å². The molecule has 0 radical (unpaired) electrons. The molecule has 2 rings (SSSR count). The molecule has 0 unspecified atom stereocenters. The summed E-state index contributed by atoms with van der Waals surface area (Å²) in [5.74, 6) is -2.38. The number of hydrogen-bond acceptors (Lipinski definition) is 1. The first-order chi connectivity index (χ1) is 8.52. The molecule has 0 heterocycles. The third-order valence-corrected chi connectivity index (χ3v) is 2.68. The van der Waals surface area contributed by atoms with Gasteiger partial charge in [0.25, 0.3) is 0 Å². The van der Waals surface area contributed by atoms with Gasteiger partial charge in [-0.05, 0) is 12.1 Å². The molecule has 2 aromatic rings. The quantitative estimate of drug-likeness (QED) is 0.784. The third kappa shape index (κ3) is 2.06. The van der Waals surface area contributed by atoms with Crippen LogP contribution in [-0.4, -0.2) is 14.1 Å². The number of rotatable bonds is 2. The predicted molar refractivity (Wildman–Crippen MR) is 66.1 cm³/mol. The van der Waals surface area contributed by atoms with E-state index in [1.165, 1.54) is 29.2 Å². The summed E-state index contributed by atoms with van der Waals surface area (Å²) in [5, 5.41) is 0. The molecule has 0 aliphatic heterocycles. The summed E-state index contributed by atoms with van der Waals surface area (Å²) in [5.41, 5.74) is 0.622. The lowest BCUT2D eigenvalue weighted by molar-refractivity contribution is 0.511. The van der Waals surface area contributed by atoms with E-state index in [1.54, 1.807) is 20.2 Å². The zero-order chi connectivity index (χ0) is 13.3. The second-order valence-corrected chi connectivity index (χ2v) is 4.13. The summed E-state index contributed by atoms with van der Waals surface area (Å²) in [6.45, 7) is 0. The third-order valence-electron chi connectivity index (χ3n) is 2.68. The topological polar surface area (TPSA) is 3.24 Å². The first kappa shape index (κ1) is 12.5. The monoisotopic (exact) mass is 251 g/mol. The van der Waals surface area contributed by atoms with Gasteiger partial charge in [0.05, 0.1) is 5.69 Å². The smallest absolute Gasteiger partial charge is 0.166 e. The first-order valence-electron chi connectivity index (χ1n) is 5.42. The molecule has 2 aromatic carbocycles. The van der Waals surface area contributed by atoms with Crippen molar-refractivity contribution in [1.29, 1.82) is 0 Å². The second kappa shape index (κ2) is 4.72. The summed E-state index contributed by atoms with van der Waals surface area (Å²) >= 11 is 0. The standard InChI is InChI=1S/C14H12F3N/c1-18(2)14-10(6-4-8-12(14)16)9-5-3-7-11(15)13(9)17/h3-8H,1-2H3. The maximum absolute atomic E-state index is 13.8. The second-order valence-electron chi connectivity index (χ2n) is 4.13. The number of hydrogen-bond donors (Lipinski definition) is 0. The van der Waals surface area contributed by atoms with Crippen molar-refractivity contribution in [3.05, 3.63) is 53.8 Å². The Morgan fingerprint density at radius 1 is 0.778 bits per heavy atom. The molecule has 94 valence electrons. The largest absolute Gasteiger partial charge is 0.375 e. The summed E-state index contributed by atoms with van der Waals surface area (Å²) in [7, 11) is 3.30. The van der Waals surface area contributed by atoms with Crippen LogP contribution in [0.3, 0.4) is 0 Å². The van der Waals surface area contributed by atoms with E-state index in [2.05, 4.69) is 0 Å². The Hall–Kier alpha value is -1.97. The van der Waals surface area contributed by atoms with Crippen LogP contribution >= 0.6 is 0 Å². The molecule has 4 heteroatoms. The molecule has 0 spiro atoms. The van der Waals surface area contributed by atoms with Gasteiger partial charge in [0.2, 0.25) is 0 Å². The Bertz CT molecular complexity index is 579. The van der Waals surface area contributed by atoms with E-state index in [1.807, 2.05) is 0 Å². The van der Waals surface area contributed by atoms with Crippen LogP contribution in [0.1, 0.15) is 0 Å². The maximum atomic E-state index is 13.8. The fourth-order valence-corrected chi connectivity index (χ4v) is 1.90. The average Bonchev–Trinajstić information content (AvgIpc) is 2.32. The molecule has 0 bridgehead atoms. The lowest BCUT2D eigenvalue weighted by Crippen LogP contribution is -2.12. The van der Waals surface area contributed by atoms with E-state index < -0.39 is 17.5 Å². The number of benzene rings is 2. The molecule has 0 aromatic heterocycles. The molecule has 0 N–H and O–H groups in total. The van der Waals surface area contributed by atoms with Crippen molar-refractivity contribution in [3.8, 4) is 11.1 Å². The number of anilines is 1. The van der Waals surface area contributed by atoms with Crippen molar-refractivity contribution >= 4 is 5.69 Å². The highest BCUT2D eigenvalue weighted by molar-refractivity contribution is 5.79. The summed E-state index contributed by atoms with van der Waals surface area (Å²) in [6.07, 6.45) is 0. The van der Waals surface area contributed by atoms with Crippen molar-refractivity contribution < 1.29 is 13.2 Å². The zero-order valence-corrected chi connectivity index (χ0v) is 10.0. The highest BCUT2D eigenvalue weighted by Gasteiger charge is 2.16. The Kier molecular flexibility index (Phi) is 3.28. The van der Waals surface area contributed by atoms with Crippen molar-refractivity contribution in [2.24, 2.45) is 0 Å². The van der Waals surface area contributed by atoms with Crippen LogP contribution < -0.4 is 4.90 Å². The molecular formula is C14H12F3N. The average molecular weight is 251 g/mol. The van der Waals surface area contributed by atoms with Crippen molar-refractivity contribution in [2.45, 2.75) is 0 Å². The zero-order valence-electron chi connectivity index (χ0n) is 10.0. The van der Waals surface area contributed by atoms with E-state index in [9.17, 15) is 13.2 Å². The first-order valence-corrected chi connectivity index (χ1v) is 5.42. The SMILES string of the molecule is CN(C)c1c(F)cccc1-c1cccc(F)c1F. The Morgan fingerprint density at radius 2 is 1.33 bits per heavy atom. The van der Waals surface area contributed by atoms with E-state index >= 15 is 0 Å². The van der Waals surface area contributed by atoms with Gasteiger partial charge in [-0.15, -0.1) is 0 Å². The van der Waals surface area contributed by atoms with Crippen LogP contribution in [0.25, 0.3) is 11.1 Å². The minimum absolute atomic E-state index is 0.0539. The highest BCUT2D eigenvalue weighted by Crippen LogP contribution is 2.34. The van der Waals surface area contributed by atoms with Crippen LogP contribution in [0, 0.1) is 17.5 Å². The number of nitrogens with zero attached hydrogens (tertiary/aromatic N) is 1. The lowest BCUT2D eigenvalue weighted by Gasteiger charge is -2.18. The maximum Gasteiger partial charge on any atom is 0.166 e. The van der Waals surface area contributed by atoms with Gasteiger partial charge in [-0.25, -0.2) is 13.2 Å². The molecule has 0 saturated heterocycles. The molecule has 0 fully saturated rings. The molecule has 0 aliphatic carbocycles. The fraction of sp³-hybridized carbons (Fsp3) is 0.143. The minimum Gasteiger partial charge on any atom is -0.375 e. The lowest BCUT2D eigenvalue weighted by atomic mass is 10.0. The Labute approximate surface area is 103 Å². The molecule has 18 heavy (non-hydrogen) atoms. The van der Waals surface area contributed by atoms with Gasteiger partial charge in [-0.1, -0.05) is 24.3 Å². The van der Waals surface area contributed by atoms with Crippen LogP contribution in [0.4, 0.5) is 18.9 Å². The van der Waals surface area contributed by atoms with Crippen LogP contribution in [0.2, 0.25) is 0 Å². The molecule has 0 atom stereocenters. The summed E-state index contributed by atoms with van der Waals surface area (Å²) in [6, 6.07) is 8.19. The predicted octanol–water partition coefficient (Wildman–Crippen LogP) is 3.84. The van der Waals surface area contributed by atoms with Gasteiger partial charge < -0.3 is 4.90 Å². The molecule has 0 saturated carbocycles. The minimum atomic E-state index is -0.966. The van der Waals surface area contributed by atoms with Crippen molar-refractivity contribution in [2.75, 3.05) is 19.0 Å². The number of para-hydroxylation sites is 1. The van der Waals surface area contributed by atoms with Gasteiger partial charge in [-0.2, -0.15) is 0 Å². The van der Waals surface area contributed by atoms with Gasteiger partial charge in [0.1, 0.15) is 5.82 Å².